The monoisotopic (exact) mass is 139 g/mol. The number of hydrogen-bond acceptors (Lipinski definition) is 3. The number of nitrogens with two attached hydrogens (primary N) is 1. The number of Topliss-reactive ketones (excluding diaryl/α,β-unsaturated/α-hetero) is 1. The average Bonchev–Trinajstić information content (AvgIpc) is 2.34. The van der Waals surface area contributed by atoms with Crippen LogP contribution in [0.5, 0.6) is 0 Å². The minimum atomic E-state index is -0.0169. The number of rotatable bonds is 2. The van der Waals surface area contributed by atoms with E-state index in [-0.39, 0.29) is 5.78 Å². The number of imidazole rings is 1. The lowest BCUT2D eigenvalue weighted by Crippen LogP contribution is -1.98. The maximum absolute atomic E-state index is 10.9. The number of carbonyl (C=O) groups is 1. The fourth-order valence-electron chi connectivity index (χ4n) is 0.645. The number of aromatic amines is 1. The van der Waals surface area contributed by atoms with Crippen LogP contribution in [-0.2, 0) is 0 Å². The number of hydrogen-bond donors (Lipinski definition) is 2. The minimum absolute atomic E-state index is 0.0169. The van der Waals surface area contributed by atoms with Crippen molar-refractivity contribution in [3.05, 3.63) is 12.0 Å². The summed E-state index contributed by atoms with van der Waals surface area (Å²) in [6.07, 6.45) is 1.88. The normalized spacial score (nSPS) is 9.70. The number of nitrogen functional groups attached to an aromatic ring is 1. The standard InChI is InChI=1S/C6H9N3O/c1-2-4(10)6-8-3-5(7)9-6/h3H,2,7H2,1H3,(H,8,9). The topological polar surface area (TPSA) is 71.8 Å². The van der Waals surface area contributed by atoms with Crippen molar-refractivity contribution in [2.75, 3.05) is 5.73 Å². The predicted octanol–water partition coefficient (Wildman–Crippen LogP) is 0.585. The summed E-state index contributed by atoms with van der Waals surface area (Å²) in [5.41, 5.74) is 5.30. The molecule has 0 fully saturated rings. The summed E-state index contributed by atoms with van der Waals surface area (Å²) >= 11 is 0. The Morgan fingerprint density at radius 1 is 1.90 bits per heavy atom. The van der Waals surface area contributed by atoms with Gasteiger partial charge in [-0.25, -0.2) is 4.98 Å². The van der Waals surface area contributed by atoms with E-state index in [0.717, 1.165) is 0 Å². The van der Waals surface area contributed by atoms with Crippen molar-refractivity contribution < 1.29 is 4.79 Å². The van der Waals surface area contributed by atoms with E-state index in [2.05, 4.69) is 9.97 Å². The lowest BCUT2D eigenvalue weighted by molar-refractivity contribution is 0.0979. The lowest BCUT2D eigenvalue weighted by Gasteiger charge is -1.87. The molecule has 3 N–H and O–H groups in total. The van der Waals surface area contributed by atoms with Gasteiger partial charge in [-0.2, -0.15) is 0 Å². The molecule has 0 aromatic carbocycles. The van der Waals surface area contributed by atoms with Gasteiger partial charge in [0, 0.05) is 6.42 Å². The lowest BCUT2D eigenvalue weighted by atomic mass is 10.3. The first-order chi connectivity index (χ1) is 4.74. The van der Waals surface area contributed by atoms with Gasteiger partial charge >= 0.3 is 0 Å². The molecule has 0 radical (unpaired) electrons. The largest absolute Gasteiger partial charge is 0.384 e. The Kier molecular flexibility index (Phi) is 1.71. The van der Waals surface area contributed by atoms with E-state index in [0.29, 0.717) is 18.1 Å². The summed E-state index contributed by atoms with van der Waals surface area (Å²) in [5.74, 6) is 0.758. The Balaban J connectivity index is 2.85. The molecular formula is C6H9N3O. The number of nitrogens with zero attached hydrogens (tertiary/aromatic N) is 1. The number of ketones is 1. The first-order valence-corrected chi connectivity index (χ1v) is 3.07. The van der Waals surface area contributed by atoms with E-state index in [1.54, 1.807) is 6.92 Å². The van der Waals surface area contributed by atoms with Gasteiger partial charge in [-0.05, 0) is 0 Å². The van der Waals surface area contributed by atoms with Crippen LogP contribution >= 0.6 is 0 Å². The molecular weight excluding hydrogens is 130 g/mol. The fraction of sp³-hybridized carbons (Fsp3) is 0.333. The maximum atomic E-state index is 10.9. The quantitative estimate of drug-likeness (QED) is 0.589. The van der Waals surface area contributed by atoms with E-state index in [9.17, 15) is 4.79 Å². The molecule has 0 bridgehead atoms. The summed E-state index contributed by atoms with van der Waals surface area (Å²) in [4.78, 5) is 17.3. The van der Waals surface area contributed by atoms with Crippen LogP contribution < -0.4 is 5.73 Å². The molecule has 10 heavy (non-hydrogen) atoms. The second-order valence-corrected chi connectivity index (χ2v) is 1.96. The average molecular weight is 139 g/mol. The molecule has 1 aromatic heterocycles. The molecule has 0 spiro atoms. The van der Waals surface area contributed by atoms with Gasteiger partial charge in [-0.3, -0.25) is 4.79 Å². The molecule has 4 nitrogen and oxygen atoms in total. The van der Waals surface area contributed by atoms with Gasteiger partial charge in [-0.15, -0.1) is 0 Å². The highest BCUT2D eigenvalue weighted by molar-refractivity contribution is 5.92. The number of carbonyl (C=O) groups excluding carboxylic acids is 1. The second-order valence-electron chi connectivity index (χ2n) is 1.96. The molecule has 0 unspecified atom stereocenters. The summed E-state index contributed by atoms with van der Waals surface area (Å²) in [7, 11) is 0. The SMILES string of the molecule is CCC(=O)c1ncc(N)[nH]1. The van der Waals surface area contributed by atoms with Crippen LogP contribution in [0.1, 0.15) is 24.0 Å². The molecule has 0 aliphatic heterocycles. The van der Waals surface area contributed by atoms with Crippen LogP contribution in [0.15, 0.2) is 6.20 Å². The van der Waals surface area contributed by atoms with Crippen LogP contribution in [0.4, 0.5) is 5.82 Å². The zero-order valence-corrected chi connectivity index (χ0v) is 5.72. The number of H-pyrrole nitrogens is 1. The zero-order chi connectivity index (χ0) is 7.56. The van der Waals surface area contributed by atoms with E-state index in [1.165, 1.54) is 6.20 Å². The summed E-state index contributed by atoms with van der Waals surface area (Å²) in [6, 6.07) is 0. The maximum Gasteiger partial charge on any atom is 0.197 e. The molecule has 1 rings (SSSR count). The third-order valence-corrected chi connectivity index (χ3v) is 1.18. The first kappa shape index (κ1) is 6.80. The van der Waals surface area contributed by atoms with E-state index in [4.69, 9.17) is 5.73 Å². The van der Waals surface area contributed by atoms with Crippen molar-refractivity contribution in [2.24, 2.45) is 0 Å². The Hall–Kier alpha value is -1.32. The van der Waals surface area contributed by atoms with E-state index < -0.39 is 0 Å². The number of anilines is 1. The summed E-state index contributed by atoms with van der Waals surface area (Å²) < 4.78 is 0. The Morgan fingerprint density at radius 3 is 3.00 bits per heavy atom. The third-order valence-electron chi connectivity index (χ3n) is 1.18. The highest BCUT2D eigenvalue weighted by atomic mass is 16.1. The minimum Gasteiger partial charge on any atom is -0.384 e. The van der Waals surface area contributed by atoms with Crippen LogP contribution in [0, 0.1) is 0 Å². The van der Waals surface area contributed by atoms with Gasteiger partial charge in [0.05, 0.1) is 6.20 Å². The zero-order valence-electron chi connectivity index (χ0n) is 5.72. The van der Waals surface area contributed by atoms with E-state index in [1.807, 2.05) is 0 Å². The Bertz CT molecular complexity index is 241. The number of aromatic nitrogens is 2. The van der Waals surface area contributed by atoms with Crippen LogP contribution in [0.3, 0.4) is 0 Å². The molecule has 0 aliphatic carbocycles. The van der Waals surface area contributed by atoms with Crippen LogP contribution in [0.2, 0.25) is 0 Å². The second kappa shape index (κ2) is 2.51. The predicted molar refractivity (Wildman–Crippen MR) is 37.6 cm³/mol. The van der Waals surface area contributed by atoms with Gasteiger partial charge in [0.15, 0.2) is 11.6 Å². The van der Waals surface area contributed by atoms with Crippen molar-refractivity contribution in [3.63, 3.8) is 0 Å². The van der Waals surface area contributed by atoms with Gasteiger partial charge in [0.2, 0.25) is 0 Å². The number of nitrogens with one attached hydrogen (secondary N) is 1. The molecule has 0 saturated heterocycles. The third kappa shape index (κ3) is 1.15. The smallest absolute Gasteiger partial charge is 0.197 e. The summed E-state index contributed by atoms with van der Waals surface area (Å²) in [6.45, 7) is 1.78. The molecule has 1 aromatic rings. The molecule has 0 saturated carbocycles. The molecule has 54 valence electrons. The van der Waals surface area contributed by atoms with Gasteiger partial charge < -0.3 is 10.7 Å². The molecule has 4 heteroatoms. The van der Waals surface area contributed by atoms with Crippen molar-refractivity contribution in [3.8, 4) is 0 Å². The Labute approximate surface area is 58.5 Å². The van der Waals surface area contributed by atoms with Gasteiger partial charge in [-0.1, -0.05) is 6.92 Å². The molecule has 1 heterocycles. The molecule has 0 atom stereocenters. The molecule has 0 amide bonds. The van der Waals surface area contributed by atoms with E-state index >= 15 is 0 Å². The highest BCUT2D eigenvalue weighted by Gasteiger charge is 2.04. The van der Waals surface area contributed by atoms with Gasteiger partial charge in [0.25, 0.3) is 0 Å². The van der Waals surface area contributed by atoms with Crippen molar-refractivity contribution >= 4 is 11.6 Å². The first-order valence-electron chi connectivity index (χ1n) is 3.07. The summed E-state index contributed by atoms with van der Waals surface area (Å²) in [5, 5.41) is 0. The Morgan fingerprint density at radius 2 is 2.60 bits per heavy atom. The van der Waals surface area contributed by atoms with Crippen LogP contribution in [-0.4, -0.2) is 15.8 Å². The fourth-order valence-corrected chi connectivity index (χ4v) is 0.645. The van der Waals surface area contributed by atoms with Crippen molar-refractivity contribution in [2.45, 2.75) is 13.3 Å². The molecule has 0 aliphatic rings. The van der Waals surface area contributed by atoms with Crippen molar-refractivity contribution in [1.29, 1.82) is 0 Å². The van der Waals surface area contributed by atoms with Crippen LogP contribution in [0.25, 0.3) is 0 Å². The highest BCUT2D eigenvalue weighted by Crippen LogP contribution is 1.99. The van der Waals surface area contributed by atoms with Crippen molar-refractivity contribution in [1.82, 2.24) is 9.97 Å². The van der Waals surface area contributed by atoms with Gasteiger partial charge in [0.1, 0.15) is 5.82 Å².